The van der Waals surface area contributed by atoms with Crippen LogP contribution < -0.4 is 5.32 Å². The van der Waals surface area contributed by atoms with Gasteiger partial charge in [-0.1, -0.05) is 23.2 Å². The first-order valence-electron chi connectivity index (χ1n) is 4.46. The molecule has 0 saturated carbocycles. The normalized spacial score (nSPS) is 14.3. The summed E-state index contributed by atoms with van der Waals surface area (Å²) in [4.78, 5) is 11.5. The van der Waals surface area contributed by atoms with Crippen LogP contribution in [0, 0.1) is 0 Å². The number of anilines is 1. The lowest BCUT2D eigenvalue weighted by Crippen LogP contribution is -2.43. The number of nitrogens with one attached hydrogen (secondary N) is 1. The second-order valence-corrected chi connectivity index (χ2v) is 4.33. The highest BCUT2D eigenvalue weighted by Crippen LogP contribution is 2.25. The first-order chi connectivity index (χ1) is 7.36. The van der Waals surface area contributed by atoms with Crippen LogP contribution in [-0.2, 0) is 4.79 Å². The largest absolute Gasteiger partial charge is 0.393 e. The number of carbonyl (C=O) groups is 1. The Hall–Kier alpha value is -0.810. The Morgan fingerprint density at radius 2 is 2.06 bits per heavy atom. The number of rotatable bonds is 3. The van der Waals surface area contributed by atoms with E-state index in [2.05, 4.69) is 5.32 Å². The van der Waals surface area contributed by atoms with Crippen LogP contribution in [0.2, 0.25) is 10.0 Å². The Morgan fingerprint density at radius 3 is 2.56 bits per heavy atom. The van der Waals surface area contributed by atoms with Gasteiger partial charge in [0.25, 0.3) is 5.91 Å². The number of hydrogen-bond acceptors (Lipinski definition) is 3. The van der Waals surface area contributed by atoms with Crippen molar-refractivity contribution in [3.05, 3.63) is 28.2 Å². The second-order valence-electron chi connectivity index (χ2n) is 3.51. The van der Waals surface area contributed by atoms with Crippen LogP contribution in [0.5, 0.6) is 0 Å². The molecule has 4 nitrogen and oxygen atoms in total. The number of benzene rings is 1. The minimum atomic E-state index is -1.83. The molecule has 0 radical (unpaired) electrons. The lowest BCUT2D eigenvalue weighted by atomic mass is 10.1. The highest BCUT2D eigenvalue weighted by atomic mass is 35.5. The van der Waals surface area contributed by atoms with Gasteiger partial charge in [-0.25, -0.2) is 0 Å². The summed E-state index contributed by atoms with van der Waals surface area (Å²) in [6.45, 7) is 0.542. The predicted octanol–water partition coefficient (Wildman–Crippen LogP) is 1.68. The van der Waals surface area contributed by atoms with E-state index in [-0.39, 0.29) is 0 Å². The highest BCUT2D eigenvalue weighted by Gasteiger charge is 2.29. The van der Waals surface area contributed by atoms with Crippen LogP contribution in [0.15, 0.2) is 18.2 Å². The number of aliphatic hydroxyl groups is 2. The van der Waals surface area contributed by atoms with Gasteiger partial charge in [0.15, 0.2) is 5.60 Å². The molecule has 1 rings (SSSR count). The van der Waals surface area contributed by atoms with Gasteiger partial charge in [0.05, 0.1) is 16.7 Å². The topological polar surface area (TPSA) is 69.6 Å². The van der Waals surface area contributed by atoms with Crippen LogP contribution in [0.3, 0.4) is 0 Å². The van der Waals surface area contributed by atoms with Crippen molar-refractivity contribution in [1.29, 1.82) is 0 Å². The minimum absolute atomic E-state index is 0.295. The molecule has 0 aliphatic heterocycles. The Labute approximate surface area is 103 Å². The van der Waals surface area contributed by atoms with Crippen molar-refractivity contribution in [3.63, 3.8) is 0 Å². The summed E-state index contributed by atoms with van der Waals surface area (Å²) in [6.07, 6.45) is 0. The fourth-order valence-electron chi connectivity index (χ4n) is 0.911. The van der Waals surface area contributed by atoms with Gasteiger partial charge in [-0.15, -0.1) is 0 Å². The van der Waals surface area contributed by atoms with Crippen molar-refractivity contribution < 1.29 is 15.0 Å². The first-order valence-corrected chi connectivity index (χ1v) is 5.22. The third kappa shape index (κ3) is 3.09. The Bertz CT molecular complexity index is 407. The van der Waals surface area contributed by atoms with E-state index in [1.807, 2.05) is 0 Å². The molecule has 0 bridgehead atoms. The molecule has 0 spiro atoms. The van der Waals surface area contributed by atoms with Crippen LogP contribution in [0.25, 0.3) is 0 Å². The van der Waals surface area contributed by atoms with Gasteiger partial charge in [0.1, 0.15) is 0 Å². The van der Waals surface area contributed by atoms with Gasteiger partial charge in [0.2, 0.25) is 0 Å². The van der Waals surface area contributed by atoms with Crippen molar-refractivity contribution in [2.45, 2.75) is 12.5 Å². The van der Waals surface area contributed by atoms with Gasteiger partial charge in [-0.2, -0.15) is 0 Å². The van der Waals surface area contributed by atoms with Gasteiger partial charge in [0, 0.05) is 5.69 Å². The number of amides is 1. The number of aliphatic hydroxyl groups excluding tert-OH is 1. The van der Waals surface area contributed by atoms with Crippen molar-refractivity contribution in [2.75, 3.05) is 11.9 Å². The van der Waals surface area contributed by atoms with Gasteiger partial charge in [-0.05, 0) is 25.1 Å². The smallest absolute Gasteiger partial charge is 0.258 e. The molecule has 0 saturated heterocycles. The fourth-order valence-corrected chi connectivity index (χ4v) is 1.21. The van der Waals surface area contributed by atoms with E-state index in [0.29, 0.717) is 15.7 Å². The van der Waals surface area contributed by atoms with Crippen LogP contribution in [-0.4, -0.2) is 28.3 Å². The molecule has 1 aromatic carbocycles. The number of hydrogen-bond donors (Lipinski definition) is 3. The molecule has 1 amide bonds. The third-order valence-corrected chi connectivity index (χ3v) is 2.71. The van der Waals surface area contributed by atoms with Crippen molar-refractivity contribution >= 4 is 34.8 Å². The van der Waals surface area contributed by atoms with E-state index in [1.165, 1.54) is 19.1 Å². The van der Waals surface area contributed by atoms with Gasteiger partial charge >= 0.3 is 0 Å². The van der Waals surface area contributed by atoms with E-state index >= 15 is 0 Å². The molecular weight excluding hydrogens is 253 g/mol. The number of halogens is 2. The summed E-state index contributed by atoms with van der Waals surface area (Å²) in [5.41, 5.74) is -1.43. The molecule has 1 aromatic rings. The van der Waals surface area contributed by atoms with E-state index in [4.69, 9.17) is 28.3 Å². The Morgan fingerprint density at radius 1 is 1.44 bits per heavy atom. The SMILES string of the molecule is CC(O)(CO)C(=O)Nc1ccc(Cl)c(Cl)c1. The average molecular weight is 264 g/mol. The highest BCUT2D eigenvalue weighted by molar-refractivity contribution is 6.42. The zero-order valence-electron chi connectivity index (χ0n) is 8.50. The summed E-state index contributed by atoms with van der Waals surface area (Å²) < 4.78 is 0. The molecule has 6 heteroatoms. The van der Waals surface area contributed by atoms with Crippen molar-refractivity contribution in [1.82, 2.24) is 0 Å². The van der Waals surface area contributed by atoms with Crippen LogP contribution in [0.4, 0.5) is 5.69 Å². The Balaban J connectivity index is 2.82. The molecule has 3 N–H and O–H groups in total. The maximum atomic E-state index is 11.5. The summed E-state index contributed by atoms with van der Waals surface area (Å²) in [7, 11) is 0. The number of carbonyl (C=O) groups excluding carboxylic acids is 1. The van der Waals surface area contributed by atoms with E-state index in [9.17, 15) is 9.90 Å². The molecule has 0 fully saturated rings. The molecule has 88 valence electrons. The third-order valence-electron chi connectivity index (χ3n) is 1.97. The van der Waals surface area contributed by atoms with E-state index < -0.39 is 18.1 Å². The predicted molar refractivity (Wildman–Crippen MR) is 62.8 cm³/mol. The van der Waals surface area contributed by atoms with E-state index in [1.54, 1.807) is 6.07 Å². The van der Waals surface area contributed by atoms with E-state index in [0.717, 1.165) is 0 Å². The molecule has 0 aromatic heterocycles. The quantitative estimate of drug-likeness (QED) is 0.777. The lowest BCUT2D eigenvalue weighted by molar-refractivity contribution is -0.135. The molecule has 0 aliphatic carbocycles. The minimum Gasteiger partial charge on any atom is -0.393 e. The van der Waals surface area contributed by atoms with Crippen LogP contribution >= 0.6 is 23.2 Å². The summed E-state index contributed by atoms with van der Waals surface area (Å²) in [5.74, 6) is -0.714. The lowest BCUT2D eigenvalue weighted by Gasteiger charge is -2.19. The van der Waals surface area contributed by atoms with Crippen molar-refractivity contribution in [2.24, 2.45) is 0 Å². The average Bonchev–Trinajstić information content (AvgIpc) is 2.23. The fraction of sp³-hybridized carbons (Fsp3) is 0.300. The molecule has 1 atom stereocenters. The second kappa shape index (κ2) is 5.01. The van der Waals surface area contributed by atoms with Gasteiger partial charge in [-0.3, -0.25) is 4.79 Å². The molecule has 0 aliphatic rings. The molecule has 0 heterocycles. The molecular formula is C10H11Cl2NO3. The standard InChI is InChI=1S/C10H11Cl2NO3/c1-10(16,5-14)9(15)13-6-2-3-7(11)8(12)4-6/h2-4,14,16H,5H2,1H3,(H,13,15). The summed E-state index contributed by atoms with van der Waals surface area (Å²) in [6, 6.07) is 4.52. The van der Waals surface area contributed by atoms with Gasteiger partial charge < -0.3 is 15.5 Å². The van der Waals surface area contributed by atoms with Crippen molar-refractivity contribution in [3.8, 4) is 0 Å². The maximum Gasteiger partial charge on any atom is 0.258 e. The Kier molecular flexibility index (Phi) is 4.15. The zero-order valence-corrected chi connectivity index (χ0v) is 10.0. The summed E-state index contributed by atoms with van der Waals surface area (Å²) >= 11 is 11.5. The summed E-state index contributed by atoms with van der Waals surface area (Å²) in [5, 5.41) is 21.3. The van der Waals surface area contributed by atoms with Crippen LogP contribution in [0.1, 0.15) is 6.92 Å². The zero-order chi connectivity index (χ0) is 12.3. The molecule has 16 heavy (non-hydrogen) atoms. The monoisotopic (exact) mass is 263 g/mol. The maximum absolute atomic E-state index is 11.5. The first kappa shape index (κ1) is 13.3. The molecule has 1 unspecified atom stereocenters.